The van der Waals surface area contributed by atoms with Crippen molar-refractivity contribution in [2.45, 2.75) is 0 Å². The highest BCUT2D eigenvalue weighted by atomic mass is 19.1. The predicted octanol–water partition coefficient (Wildman–Crippen LogP) is 1.35. The van der Waals surface area contributed by atoms with Crippen LogP contribution in [-0.2, 0) is 0 Å². The van der Waals surface area contributed by atoms with Crippen molar-refractivity contribution in [2.24, 2.45) is 0 Å². The minimum Gasteiger partial charge on any atom is -0.350 e. The summed E-state index contributed by atoms with van der Waals surface area (Å²) in [5, 5.41) is 2.15. The van der Waals surface area contributed by atoms with Gasteiger partial charge in [-0.15, -0.1) is 0 Å². The number of halogens is 1. The van der Waals surface area contributed by atoms with Gasteiger partial charge in [-0.2, -0.15) is 0 Å². The van der Waals surface area contributed by atoms with Crippen LogP contribution in [0, 0.1) is 12.9 Å². The number of hydrogen-bond donors (Lipinski definition) is 1. The van der Waals surface area contributed by atoms with Crippen molar-refractivity contribution in [3.63, 3.8) is 0 Å². The third-order valence-electron chi connectivity index (χ3n) is 1.25. The van der Waals surface area contributed by atoms with Gasteiger partial charge in [0.25, 0.3) is 5.91 Å². The Labute approximate surface area is 64.0 Å². The molecule has 1 radical (unpaired) electrons. The normalized spacial score (nSPS) is 9.27. The Balaban J connectivity index is 2.96. The van der Waals surface area contributed by atoms with Gasteiger partial charge in [0, 0.05) is 12.6 Å². The van der Waals surface area contributed by atoms with Crippen LogP contribution in [0.4, 0.5) is 4.39 Å². The number of benzene rings is 1. The molecule has 1 aromatic rings. The van der Waals surface area contributed by atoms with Gasteiger partial charge in [-0.25, -0.2) is 4.39 Å². The molecule has 0 aromatic heterocycles. The van der Waals surface area contributed by atoms with Gasteiger partial charge in [-0.3, -0.25) is 4.79 Å². The lowest BCUT2D eigenvalue weighted by Crippen LogP contribution is -2.15. The van der Waals surface area contributed by atoms with Crippen molar-refractivity contribution in [1.82, 2.24) is 5.32 Å². The molecule has 0 saturated carbocycles. The van der Waals surface area contributed by atoms with E-state index in [0.29, 0.717) is 0 Å². The van der Waals surface area contributed by atoms with Crippen LogP contribution >= 0.6 is 0 Å². The van der Waals surface area contributed by atoms with Crippen molar-refractivity contribution in [3.05, 3.63) is 42.7 Å². The van der Waals surface area contributed by atoms with Crippen LogP contribution in [0.3, 0.4) is 0 Å². The van der Waals surface area contributed by atoms with Crippen LogP contribution in [0.2, 0.25) is 0 Å². The molecular weight excluding hydrogens is 145 g/mol. The average Bonchev–Trinajstić information content (AvgIpc) is 2.03. The molecule has 1 N–H and O–H groups in total. The summed E-state index contributed by atoms with van der Waals surface area (Å²) in [6, 6.07) is 5.42. The summed E-state index contributed by atoms with van der Waals surface area (Å²) >= 11 is 0. The predicted molar refractivity (Wildman–Crippen MR) is 39.2 cm³/mol. The molecule has 1 amide bonds. The molecule has 0 aliphatic carbocycles. The summed E-state index contributed by atoms with van der Waals surface area (Å²) in [6.45, 7) is 0. The summed E-state index contributed by atoms with van der Waals surface area (Å²) < 4.78 is 12.5. The lowest BCUT2D eigenvalue weighted by atomic mass is 10.2. The third-order valence-corrected chi connectivity index (χ3v) is 1.25. The number of hydrogen-bond acceptors (Lipinski definition) is 1. The summed E-state index contributed by atoms with van der Waals surface area (Å²) in [5.74, 6) is -0.810. The van der Waals surface area contributed by atoms with E-state index < -0.39 is 5.82 Å². The van der Waals surface area contributed by atoms with E-state index in [9.17, 15) is 9.18 Å². The molecule has 0 atom stereocenters. The van der Waals surface area contributed by atoms with Crippen molar-refractivity contribution < 1.29 is 9.18 Å². The highest BCUT2D eigenvalue weighted by Gasteiger charge is 2.01. The van der Waals surface area contributed by atoms with Gasteiger partial charge >= 0.3 is 0 Å². The maximum atomic E-state index is 12.5. The van der Waals surface area contributed by atoms with E-state index in [4.69, 9.17) is 0 Å². The maximum Gasteiger partial charge on any atom is 0.251 e. The topological polar surface area (TPSA) is 29.1 Å². The van der Waals surface area contributed by atoms with Gasteiger partial charge in [-0.1, -0.05) is 6.07 Å². The molecule has 0 unspecified atom stereocenters. The second kappa shape index (κ2) is 3.14. The zero-order valence-corrected chi connectivity index (χ0v) is 5.80. The summed E-state index contributed by atoms with van der Waals surface area (Å²) in [4.78, 5) is 10.8. The Bertz CT molecular complexity index is 273. The molecule has 11 heavy (non-hydrogen) atoms. The van der Waals surface area contributed by atoms with Crippen molar-refractivity contribution in [2.75, 3.05) is 0 Å². The van der Waals surface area contributed by atoms with Crippen LogP contribution in [0.5, 0.6) is 0 Å². The molecule has 57 valence electrons. The van der Waals surface area contributed by atoms with E-state index >= 15 is 0 Å². The molecule has 0 heterocycles. The van der Waals surface area contributed by atoms with Crippen LogP contribution in [0.25, 0.3) is 0 Å². The number of nitrogens with one attached hydrogen (secondary N) is 1. The van der Waals surface area contributed by atoms with Gasteiger partial charge in [0.15, 0.2) is 0 Å². The van der Waals surface area contributed by atoms with E-state index in [0.717, 1.165) is 6.07 Å². The Hall–Kier alpha value is -1.38. The first-order chi connectivity index (χ1) is 5.24. The van der Waals surface area contributed by atoms with Gasteiger partial charge in [-0.05, 0) is 18.2 Å². The fourth-order valence-corrected chi connectivity index (χ4v) is 0.732. The van der Waals surface area contributed by atoms with Crippen LogP contribution in [0.15, 0.2) is 24.3 Å². The average molecular weight is 152 g/mol. The van der Waals surface area contributed by atoms with E-state index in [2.05, 4.69) is 12.4 Å². The fourth-order valence-electron chi connectivity index (χ4n) is 0.732. The smallest absolute Gasteiger partial charge is 0.251 e. The molecule has 0 fully saturated rings. The quantitative estimate of drug-likeness (QED) is 0.646. The number of amides is 1. The monoisotopic (exact) mass is 152 g/mol. The second-order valence-corrected chi connectivity index (χ2v) is 2.02. The summed E-state index contributed by atoms with van der Waals surface area (Å²) in [7, 11) is 3.17. The first-order valence-corrected chi connectivity index (χ1v) is 3.07. The zero-order valence-electron chi connectivity index (χ0n) is 5.80. The van der Waals surface area contributed by atoms with Gasteiger partial charge in [0.1, 0.15) is 5.82 Å². The number of carbonyl (C=O) groups is 1. The number of rotatable bonds is 1. The van der Waals surface area contributed by atoms with E-state index in [1.165, 1.54) is 18.2 Å². The minimum absolute atomic E-state index is 0.278. The standard InChI is InChI=1S/C8H7FNO/c1-10-8(11)6-3-2-4-7(9)5-6/h2-5H,1H2,(H,10,11). The lowest BCUT2D eigenvalue weighted by molar-refractivity contribution is 0.0968. The van der Waals surface area contributed by atoms with E-state index in [1.807, 2.05) is 0 Å². The molecule has 0 bridgehead atoms. The summed E-state index contributed by atoms with van der Waals surface area (Å²) in [6.07, 6.45) is 0. The highest BCUT2D eigenvalue weighted by Crippen LogP contribution is 2.02. The molecule has 0 spiro atoms. The molecule has 1 rings (SSSR count). The SMILES string of the molecule is [CH2]NC(=O)c1cccc(F)c1. The first-order valence-electron chi connectivity index (χ1n) is 3.07. The number of carbonyl (C=O) groups excluding carboxylic acids is 1. The largest absolute Gasteiger partial charge is 0.350 e. The van der Waals surface area contributed by atoms with Crippen molar-refractivity contribution in [3.8, 4) is 0 Å². The third kappa shape index (κ3) is 1.77. The van der Waals surface area contributed by atoms with Crippen LogP contribution < -0.4 is 5.32 Å². The molecule has 2 nitrogen and oxygen atoms in total. The molecular formula is C8H7FNO. The Kier molecular flexibility index (Phi) is 2.21. The maximum absolute atomic E-state index is 12.5. The van der Waals surface area contributed by atoms with Gasteiger partial charge in [0.2, 0.25) is 0 Å². The van der Waals surface area contributed by atoms with Gasteiger partial charge in [0.05, 0.1) is 0 Å². The van der Waals surface area contributed by atoms with E-state index in [-0.39, 0.29) is 11.5 Å². The lowest BCUT2D eigenvalue weighted by Gasteiger charge is -1.97. The summed E-state index contributed by atoms with van der Waals surface area (Å²) in [5.41, 5.74) is 0.278. The second-order valence-electron chi connectivity index (χ2n) is 2.02. The fraction of sp³-hybridized carbons (Fsp3) is 0. The molecule has 0 aliphatic rings. The molecule has 3 heteroatoms. The van der Waals surface area contributed by atoms with Crippen LogP contribution in [0.1, 0.15) is 10.4 Å². The van der Waals surface area contributed by atoms with E-state index in [1.54, 1.807) is 0 Å². The Morgan fingerprint density at radius 3 is 2.82 bits per heavy atom. The molecule has 0 aliphatic heterocycles. The van der Waals surface area contributed by atoms with Crippen molar-refractivity contribution >= 4 is 5.91 Å². The van der Waals surface area contributed by atoms with Gasteiger partial charge < -0.3 is 5.32 Å². The highest BCUT2D eigenvalue weighted by molar-refractivity contribution is 5.94. The van der Waals surface area contributed by atoms with Crippen molar-refractivity contribution in [1.29, 1.82) is 0 Å². The molecule has 0 saturated heterocycles. The zero-order chi connectivity index (χ0) is 8.27. The molecule has 1 aromatic carbocycles. The van der Waals surface area contributed by atoms with Crippen LogP contribution in [-0.4, -0.2) is 5.91 Å². The minimum atomic E-state index is -0.425. The Morgan fingerprint density at radius 2 is 2.27 bits per heavy atom. The first kappa shape index (κ1) is 7.72. The Morgan fingerprint density at radius 1 is 1.55 bits per heavy atom.